The van der Waals surface area contributed by atoms with E-state index < -0.39 is 0 Å². The molecule has 1 atom stereocenters. The van der Waals surface area contributed by atoms with Crippen LogP contribution in [-0.2, 0) is 6.42 Å². The van der Waals surface area contributed by atoms with Crippen LogP contribution in [0.25, 0.3) is 11.5 Å². The van der Waals surface area contributed by atoms with Crippen molar-refractivity contribution in [2.75, 3.05) is 6.54 Å². The van der Waals surface area contributed by atoms with Crippen LogP contribution in [0.3, 0.4) is 0 Å². The highest BCUT2D eigenvalue weighted by Gasteiger charge is 2.34. The Morgan fingerprint density at radius 1 is 1.27 bits per heavy atom. The van der Waals surface area contributed by atoms with Crippen molar-refractivity contribution in [2.24, 2.45) is 11.3 Å². The van der Waals surface area contributed by atoms with Gasteiger partial charge in [-0.25, -0.2) is 0 Å². The summed E-state index contributed by atoms with van der Waals surface area (Å²) in [5, 5.41) is 11.3. The topological polar surface area (TPSA) is 68.0 Å². The van der Waals surface area contributed by atoms with Gasteiger partial charge < -0.3 is 9.73 Å². The van der Waals surface area contributed by atoms with Gasteiger partial charge in [0.15, 0.2) is 0 Å². The van der Waals surface area contributed by atoms with Crippen molar-refractivity contribution in [3.05, 3.63) is 35.7 Å². The second-order valence-corrected chi connectivity index (χ2v) is 7.97. The lowest BCUT2D eigenvalue weighted by molar-refractivity contribution is 0.0937. The summed E-state index contributed by atoms with van der Waals surface area (Å²) < 4.78 is 5.69. The first-order valence-corrected chi connectivity index (χ1v) is 9.70. The Balaban J connectivity index is 1.58. The van der Waals surface area contributed by atoms with E-state index in [2.05, 4.69) is 36.3 Å². The number of aryl methyl sites for hydroxylation is 1. The third-order valence-corrected chi connectivity index (χ3v) is 5.59. The molecule has 5 heteroatoms. The van der Waals surface area contributed by atoms with Crippen LogP contribution in [0.2, 0.25) is 0 Å². The maximum Gasteiger partial charge on any atom is 0.251 e. The molecular formula is C21H29N3O2. The average molecular weight is 355 g/mol. The number of rotatable bonds is 7. The molecule has 2 aromatic rings. The molecule has 1 aromatic heterocycles. The summed E-state index contributed by atoms with van der Waals surface area (Å²) in [6, 6.07) is 7.37. The summed E-state index contributed by atoms with van der Waals surface area (Å²) >= 11 is 0. The maximum atomic E-state index is 12.4. The number of carbonyl (C=O) groups is 1. The minimum Gasteiger partial charge on any atom is -0.421 e. The van der Waals surface area contributed by atoms with Crippen LogP contribution in [0.1, 0.15) is 69.1 Å². The number of nitrogens with one attached hydrogen (secondary N) is 1. The highest BCUT2D eigenvalue weighted by Crippen LogP contribution is 2.42. The van der Waals surface area contributed by atoms with Gasteiger partial charge >= 0.3 is 0 Å². The molecule has 1 fully saturated rings. The van der Waals surface area contributed by atoms with Gasteiger partial charge in [-0.1, -0.05) is 33.6 Å². The third-order valence-electron chi connectivity index (χ3n) is 5.59. The second-order valence-electron chi connectivity index (χ2n) is 7.97. The molecule has 0 saturated heterocycles. The number of aromatic nitrogens is 2. The van der Waals surface area contributed by atoms with Gasteiger partial charge in [0.2, 0.25) is 11.8 Å². The molecule has 140 valence electrons. The average Bonchev–Trinajstić information content (AvgIpc) is 3.24. The van der Waals surface area contributed by atoms with Crippen molar-refractivity contribution >= 4 is 5.91 Å². The molecule has 1 unspecified atom stereocenters. The standard InChI is InChI=1S/C21H29N3O2/c1-4-5-8-18-23-24-20(26-18)16-11-9-15(10-12-16)19(25)22-14-17-7-6-13-21(17,2)3/h9-12,17H,4-8,13-14H2,1-3H3,(H,22,25). The summed E-state index contributed by atoms with van der Waals surface area (Å²) in [5.74, 6) is 1.72. The Hall–Kier alpha value is -2.17. The quantitative estimate of drug-likeness (QED) is 0.786. The number of unbranched alkanes of at least 4 members (excludes halogenated alkanes) is 1. The van der Waals surface area contributed by atoms with Crippen molar-refractivity contribution in [1.82, 2.24) is 15.5 Å². The highest BCUT2D eigenvalue weighted by atomic mass is 16.4. The minimum atomic E-state index is -0.0200. The predicted octanol–water partition coefficient (Wildman–Crippen LogP) is 4.64. The molecule has 1 amide bonds. The first-order chi connectivity index (χ1) is 12.5. The zero-order valence-corrected chi connectivity index (χ0v) is 16.0. The Kier molecular flexibility index (Phi) is 5.74. The van der Waals surface area contributed by atoms with E-state index in [0.717, 1.165) is 31.4 Å². The first kappa shape index (κ1) is 18.6. The zero-order valence-electron chi connectivity index (χ0n) is 16.0. The smallest absolute Gasteiger partial charge is 0.251 e. The SMILES string of the molecule is CCCCc1nnc(-c2ccc(C(=O)NCC3CCCC3(C)C)cc2)o1. The van der Waals surface area contributed by atoms with Gasteiger partial charge in [0.1, 0.15) is 0 Å². The van der Waals surface area contributed by atoms with Gasteiger partial charge in [0.25, 0.3) is 5.91 Å². The molecule has 0 bridgehead atoms. The number of amides is 1. The van der Waals surface area contributed by atoms with Gasteiger partial charge in [0.05, 0.1) is 0 Å². The van der Waals surface area contributed by atoms with Crippen LogP contribution in [0, 0.1) is 11.3 Å². The van der Waals surface area contributed by atoms with Gasteiger partial charge in [-0.2, -0.15) is 0 Å². The Labute approximate surface area is 155 Å². The minimum absolute atomic E-state index is 0.0200. The largest absolute Gasteiger partial charge is 0.421 e. The lowest BCUT2D eigenvalue weighted by Crippen LogP contribution is -2.33. The number of benzene rings is 1. The summed E-state index contributed by atoms with van der Waals surface area (Å²) in [6.07, 6.45) is 6.64. The highest BCUT2D eigenvalue weighted by molar-refractivity contribution is 5.94. The second kappa shape index (κ2) is 8.02. The van der Waals surface area contributed by atoms with Gasteiger partial charge in [-0.3, -0.25) is 4.79 Å². The number of carbonyl (C=O) groups excluding carboxylic acids is 1. The third kappa shape index (κ3) is 4.32. The summed E-state index contributed by atoms with van der Waals surface area (Å²) in [4.78, 5) is 12.4. The monoisotopic (exact) mass is 355 g/mol. The fourth-order valence-corrected chi connectivity index (χ4v) is 3.66. The van der Waals surface area contributed by atoms with Crippen LogP contribution < -0.4 is 5.32 Å². The molecule has 0 aliphatic heterocycles. The van der Waals surface area contributed by atoms with Gasteiger partial charge in [0, 0.05) is 24.1 Å². The van der Waals surface area contributed by atoms with Crippen molar-refractivity contribution in [3.63, 3.8) is 0 Å². The van der Waals surface area contributed by atoms with Crippen LogP contribution in [0.5, 0.6) is 0 Å². The van der Waals surface area contributed by atoms with Crippen LogP contribution in [0.4, 0.5) is 0 Å². The fourth-order valence-electron chi connectivity index (χ4n) is 3.66. The van der Waals surface area contributed by atoms with E-state index in [1.54, 1.807) is 0 Å². The van der Waals surface area contributed by atoms with E-state index in [1.165, 1.54) is 19.3 Å². The Morgan fingerprint density at radius 2 is 2.04 bits per heavy atom. The van der Waals surface area contributed by atoms with Crippen LogP contribution in [0.15, 0.2) is 28.7 Å². The molecule has 0 spiro atoms. The molecule has 5 nitrogen and oxygen atoms in total. The number of hydrogen-bond donors (Lipinski definition) is 1. The molecule has 3 rings (SSSR count). The molecule has 0 radical (unpaired) electrons. The lowest BCUT2D eigenvalue weighted by atomic mass is 9.82. The molecule has 1 saturated carbocycles. The van der Waals surface area contributed by atoms with E-state index in [1.807, 2.05) is 24.3 Å². The van der Waals surface area contributed by atoms with E-state index >= 15 is 0 Å². The van der Waals surface area contributed by atoms with Crippen molar-refractivity contribution < 1.29 is 9.21 Å². The van der Waals surface area contributed by atoms with E-state index in [-0.39, 0.29) is 5.91 Å². The maximum absolute atomic E-state index is 12.4. The summed E-state index contributed by atoms with van der Waals surface area (Å²) in [7, 11) is 0. The van der Waals surface area contributed by atoms with Crippen LogP contribution >= 0.6 is 0 Å². The molecule has 1 aromatic carbocycles. The van der Waals surface area contributed by atoms with Crippen molar-refractivity contribution in [1.29, 1.82) is 0 Å². The molecular weight excluding hydrogens is 326 g/mol. The molecule has 1 heterocycles. The summed E-state index contributed by atoms with van der Waals surface area (Å²) in [6.45, 7) is 7.47. The Morgan fingerprint density at radius 3 is 2.69 bits per heavy atom. The van der Waals surface area contributed by atoms with E-state index in [0.29, 0.717) is 28.7 Å². The normalized spacial score (nSPS) is 18.8. The van der Waals surface area contributed by atoms with E-state index in [9.17, 15) is 4.79 Å². The van der Waals surface area contributed by atoms with Gasteiger partial charge in [-0.05, 0) is 54.9 Å². The van der Waals surface area contributed by atoms with Crippen molar-refractivity contribution in [3.8, 4) is 11.5 Å². The van der Waals surface area contributed by atoms with Crippen LogP contribution in [-0.4, -0.2) is 22.6 Å². The molecule has 26 heavy (non-hydrogen) atoms. The van der Waals surface area contributed by atoms with E-state index in [4.69, 9.17) is 4.42 Å². The zero-order chi connectivity index (χ0) is 18.6. The fraction of sp³-hybridized carbons (Fsp3) is 0.571. The van der Waals surface area contributed by atoms with Gasteiger partial charge in [-0.15, -0.1) is 10.2 Å². The predicted molar refractivity (Wildman–Crippen MR) is 102 cm³/mol. The van der Waals surface area contributed by atoms with Crippen molar-refractivity contribution in [2.45, 2.75) is 59.3 Å². The Bertz CT molecular complexity index is 734. The summed E-state index contributed by atoms with van der Waals surface area (Å²) in [5.41, 5.74) is 1.83. The number of nitrogens with zero attached hydrogens (tertiary/aromatic N) is 2. The molecule has 1 aliphatic rings. The number of hydrogen-bond acceptors (Lipinski definition) is 4. The molecule has 1 aliphatic carbocycles. The first-order valence-electron chi connectivity index (χ1n) is 9.70. The molecule has 1 N–H and O–H groups in total. The lowest BCUT2D eigenvalue weighted by Gasteiger charge is -2.27.